The topological polar surface area (TPSA) is 26.3 Å². The molecule has 0 radical (unpaired) electrons. The van der Waals surface area contributed by atoms with Gasteiger partial charge in [-0.3, -0.25) is 4.79 Å². The zero-order valence-electron chi connectivity index (χ0n) is 9.22. The molecule has 0 amide bonds. The fourth-order valence-electron chi connectivity index (χ4n) is 1.41. The summed E-state index contributed by atoms with van der Waals surface area (Å²) < 4.78 is 65.2. The van der Waals surface area contributed by atoms with Crippen LogP contribution in [-0.2, 0) is 0 Å². The monoisotopic (exact) mass is 268 g/mol. The van der Waals surface area contributed by atoms with E-state index in [-0.39, 0.29) is 6.42 Å². The van der Waals surface area contributed by atoms with Gasteiger partial charge >= 0.3 is 6.36 Å². The second kappa shape index (κ2) is 5.32. The standard InChI is InChI=1S/C11H9F5O2/c1-2-7(17)9-6(10(12)13)4-3-5-8(9)18-11(14,15)16/h3-5,10H,2H2,1H3. The number of ketones is 1. The Labute approximate surface area is 99.4 Å². The summed E-state index contributed by atoms with van der Waals surface area (Å²) in [6.45, 7) is 1.36. The van der Waals surface area contributed by atoms with E-state index in [0.717, 1.165) is 18.2 Å². The third-order valence-electron chi connectivity index (χ3n) is 2.12. The fraction of sp³-hybridized carbons (Fsp3) is 0.364. The van der Waals surface area contributed by atoms with Crippen LogP contribution in [-0.4, -0.2) is 12.1 Å². The van der Waals surface area contributed by atoms with Crippen LogP contribution < -0.4 is 4.74 Å². The van der Waals surface area contributed by atoms with Gasteiger partial charge in [0.1, 0.15) is 5.75 Å². The van der Waals surface area contributed by atoms with E-state index in [1.807, 2.05) is 0 Å². The first-order chi connectivity index (χ1) is 8.26. The highest BCUT2D eigenvalue weighted by Crippen LogP contribution is 2.33. The Morgan fingerprint density at radius 2 is 1.94 bits per heavy atom. The summed E-state index contributed by atoms with van der Waals surface area (Å²) in [6, 6.07) is 2.72. The van der Waals surface area contributed by atoms with Gasteiger partial charge in [0.05, 0.1) is 5.56 Å². The molecule has 100 valence electrons. The highest BCUT2D eigenvalue weighted by atomic mass is 19.4. The van der Waals surface area contributed by atoms with Crippen LogP contribution in [0.15, 0.2) is 18.2 Å². The predicted octanol–water partition coefficient (Wildman–Crippen LogP) is 4.12. The van der Waals surface area contributed by atoms with E-state index in [1.54, 1.807) is 0 Å². The third kappa shape index (κ3) is 3.41. The molecule has 18 heavy (non-hydrogen) atoms. The van der Waals surface area contributed by atoms with E-state index in [4.69, 9.17) is 0 Å². The molecule has 0 aromatic heterocycles. The molecule has 7 heteroatoms. The molecule has 0 heterocycles. The minimum absolute atomic E-state index is 0.196. The molecule has 0 spiro atoms. The number of Topliss-reactive ketones (excluding diaryl/α,β-unsaturated/α-hetero) is 1. The molecule has 0 saturated carbocycles. The molecule has 1 aromatic carbocycles. The first-order valence-corrected chi connectivity index (χ1v) is 4.96. The molecule has 1 rings (SSSR count). The molecule has 0 N–H and O–H groups in total. The number of rotatable bonds is 4. The van der Waals surface area contributed by atoms with Crippen LogP contribution in [0.3, 0.4) is 0 Å². The van der Waals surface area contributed by atoms with E-state index < -0.39 is 35.4 Å². The molecule has 0 unspecified atom stereocenters. The van der Waals surface area contributed by atoms with Crippen LogP contribution in [0.4, 0.5) is 22.0 Å². The lowest BCUT2D eigenvalue weighted by Gasteiger charge is -2.15. The van der Waals surface area contributed by atoms with Gasteiger partial charge in [0, 0.05) is 12.0 Å². The summed E-state index contributed by atoms with van der Waals surface area (Å²) in [5, 5.41) is 0. The molecule has 0 fully saturated rings. The van der Waals surface area contributed by atoms with Crippen molar-refractivity contribution in [2.45, 2.75) is 26.1 Å². The quantitative estimate of drug-likeness (QED) is 0.606. The average Bonchev–Trinajstić information content (AvgIpc) is 2.25. The van der Waals surface area contributed by atoms with Crippen LogP contribution in [0, 0.1) is 0 Å². The van der Waals surface area contributed by atoms with Crippen LogP contribution in [0.25, 0.3) is 0 Å². The summed E-state index contributed by atoms with van der Waals surface area (Å²) in [7, 11) is 0. The summed E-state index contributed by atoms with van der Waals surface area (Å²) in [4.78, 5) is 11.5. The number of halogens is 5. The summed E-state index contributed by atoms with van der Waals surface area (Å²) in [5.41, 5.74) is -1.48. The molecule has 0 bridgehead atoms. The molecule has 0 aliphatic carbocycles. The average molecular weight is 268 g/mol. The summed E-state index contributed by atoms with van der Waals surface area (Å²) in [5.74, 6) is -1.72. The van der Waals surface area contributed by atoms with Gasteiger partial charge in [-0.25, -0.2) is 8.78 Å². The number of hydrogen-bond acceptors (Lipinski definition) is 2. The van der Waals surface area contributed by atoms with E-state index in [1.165, 1.54) is 6.92 Å². The number of ether oxygens (including phenoxy) is 1. The van der Waals surface area contributed by atoms with Gasteiger partial charge in [-0.05, 0) is 6.07 Å². The van der Waals surface area contributed by atoms with Crippen LogP contribution >= 0.6 is 0 Å². The van der Waals surface area contributed by atoms with Crippen molar-refractivity contribution in [3.05, 3.63) is 29.3 Å². The first kappa shape index (κ1) is 14.4. The van der Waals surface area contributed by atoms with E-state index >= 15 is 0 Å². The number of carbonyl (C=O) groups is 1. The molecule has 0 saturated heterocycles. The van der Waals surface area contributed by atoms with Gasteiger partial charge < -0.3 is 4.74 Å². The Morgan fingerprint density at radius 1 is 1.33 bits per heavy atom. The van der Waals surface area contributed by atoms with Gasteiger partial charge in [-0.2, -0.15) is 0 Å². The Hall–Kier alpha value is -1.66. The molecule has 0 aliphatic rings. The van der Waals surface area contributed by atoms with Crippen molar-refractivity contribution in [3.63, 3.8) is 0 Å². The molecular formula is C11H9F5O2. The van der Waals surface area contributed by atoms with E-state index in [9.17, 15) is 26.7 Å². The normalized spacial score (nSPS) is 11.7. The van der Waals surface area contributed by atoms with Crippen LogP contribution in [0.5, 0.6) is 5.75 Å². The maximum absolute atomic E-state index is 12.6. The fourth-order valence-corrected chi connectivity index (χ4v) is 1.41. The van der Waals surface area contributed by atoms with Crippen molar-refractivity contribution < 1.29 is 31.5 Å². The number of carbonyl (C=O) groups excluding carboxylic acids is 1. The smallest absolute Gasteiger partial charge is 0.405 e. The zero-order chi connectivity index (χ0) is 13.9. The van der Waals surface area contributed by atoms with Crippen LogP contribution in [0.1, 0.15) is 35.7 Å². The Bertz CT molecular complexity index is 440. The van der Waals surface area contributed by atoms with E-state index in [2.05, 4.69) is 4.74 Å². The van der Waals surface area contributed by atoms with Crippen molar-refractivity contribution in [3.8, 4) is 5.75 Å². The SMILES string of the molecule is CCC(=O)c1c(OC(F)(F)F)cccc1C(F)F. The second-order valence-corrected chi connectivity index (χ2v) is 3.35. The molecule has 0 aliphatic heterocycles. The van der Waals surface area contributed by atoms with Crippen molar-refractivity contribution in [2.24, 2.45) is 0 Å². The third-order valence-corrected chi connectivity index (χ3v) is 2.12. The predicted molar refractivity (Wildman–Crippen MR) is 52.7 cm³/mol. The lowest BCUT2D eigenvalue weighted by Crippen LogP contribution is -2.19. The highest BCUT2D eigenvalue weighted by molar-refractivity contribution is 6.00. The van der Waals surface area contributed by atoms with Gasteiger partial charge in [0.25, 0.3) is 6.43 Å². The van der Waals surface area contributed by atoms with Gasteiger partial charge in [0.15, 0.2) is 5.78 Å². The van der Waals surface area contributed by atoms with Gasteiger partial charge in [-0.1, -0.05) is 19.1 Å². The molecule has 0 atom stereocenters. The maximum Gasteiger partial charge on any atom is 0.573 e. The number of alkyl halides is 5. The summed E-state index contributed by atoms with van der Waals surface area (Å²) >= 11 is 0. The van der Waals surface area contributed by atoms with Crippen molar-refractivity contribution >= 4 is 5.78 Å². The number of hydrogen-bond donors (Lipinski definition) is 0. The van der Waals surface area contributed by atoms with Crippen molar-refractivity contribution in [2.75, 3.05) is 0 Å². The maximum atomic E-state index is 12.6. The van der Waals surface area contributed by atoms with Gasteiger partial charge in [0.2, 0.25) is 0 Å². The number of benzene rings is 1. The van der Waals surface area contributed by atoms with Crippen molar-refractivity contribution in [1.29, 1.82) is 0 Å². The Kier molecular flexibility index (Phi) is 4.26. The highest BCUT2D eigenvalue weighted by Gasteiger charge is 2.34. The Balaban J connectivity index is 3.33. The second-order valence-electron chi connectivity index (χ2n) is 3.35. The minimum atomic E-state index is -5.04. The first-order valence-electron chi connectivity index (χ1n) is 4.96. The van der Waals surface area contributed by atoms with E-state index in [0.29, 0.717) is 0 Å². The van der Waals surface area contributed by atoms with Crippen LogP contribution in [0.2, 0.25) is 0 Å². The summed E-state index contributed by atoms with van der Waals surface area (Å²) in [6.07, 6.45) is -8.28. The molecular weight excluding hydrogens is 259 g/mol. The lowest BCUT2D eigenvalue weighted by molar-refractivity contribution is -0.274. The largest absolute Gasteiger partial charge is 0.573 e. The minimum Gasteiger partial charge on any atom is -0.405 e. The van der Waals surface area contributed by atoms with Crippen molar-refractivity contribution in [1.82, 2.24) is 0 Å². The lowest BCUT2D eigenvalue weighted by atomic mass is 10.0. The zero-order valence-corrected chi connectivity index (χ0v) is 9.22. The Morgan fingerprint density at radius 3 is 2.39 bits per heavy atom. The van der Waals surface area contributed by atoms with Gasteiger partial charge in [-0.15, -0.1) is 13.2 Å². The molecule has 1 aromatic rings. The molecule has 2 nitrogen and oxygen atoms in total.